The van der Waals surface area contributed by atoms with Crippen molar-refractivity contribution < 1.29 is 4.79 Å². The Morgan fingerprint density at radius 3 is 2.60 bits per heavy atom. The quantitative estimate of drug-likeness (QED) is 0.714. The Balaban J connectivity index is 1.93. The fourth-order valence-corrected chi connectivity index (χ4v) is 3.14. The van der Waals surface area contributed by atoms with Gasteiger partial charge in [0.15, 0.2) is 0 Å². The number of fused-ring (bicyclic) bond motifs is 1. The largest absolute Gasteiger partial charge is 0.347 e. The number of hydrogen-bond donors (Lipinski definition) is 2. The molecule has 0 aliphatic carbocycles. The van der Waals surface area contributed by atoms with Gasteiger partial charge in [-0.1, -0.05) is 38.1 Å². The molecule has 1 amide bonds. The van der Waals surface area contributed by atoms with E-state index in [2.05, 4.69) is 42.1 Å². The Morgan fingerprint density at radius 2 is 1.92 bits per heavy atom. The van der Waals surface area contributed by atoms with Gasteiger partial charge in [0.05, 0.1) is 5.52 Å². The summed E-state index contributed by atoms with van der Waals surface area (Å²) in [6.45, 7) is 5.98. The van der Waals surface area contributed by atoms with Gasteiger partial charge in [0.1, 0.15) is 0 Å². The molecular weight excluding hydrogens is 310 g/mol. The standard InChI is InChI=1S/C21H25N3O/c1-15(2)13-24-14-17(10-11-22)19-9-8-18(12-20(19)24)23-21(25)16-6-4-3-5-7-16/h3-9,12,14-15H,10-11,13,22H2,1-2H3,(H,23,25). The summed E-state index contributed by atoms with van der Waals surface area (Å²) in [6, 6.07) is 15.4. The lowest BCUT2D eigenvalue weighted by atomic mass is 10.1. The summed E-state index contributed by atoms with van der Waals surface area (Å²) in [5, 5.41) is 4.21. The molecule has 0 saturated heterocycles. The van der Waals surface area contributed by atoms with Crippen LogP contribution in [0.3, 0.4) is 0 Å². The molecule has 3 N–H and O–H groups in total. The van der Waals surface area contributed by atoms with Crippen molar-refractivity contribution in [2.24, 2.45) is 11.7 Å². The van der Waals surface area contributed by atoms with Gasteiger partial charge in [0.2, 0.25) is 0 Å². The van der Waals surface area contributed by atoms with Crippen molar-refractivity contribution in [2.45, 2.75) is 26.8 Å². The van der Waals surface area contributed by atoms with Crippen molar-refractivity contribution in [1.29, 1.82) is 0 Å². The molecule has 0 atom stereocenters. The van der Waals surface area contributed by atoms with Gasteiger partial charge in [-0.05, 0) is 48.7 Å². The molecule has 3 rings (SSSR count). The summed E-state index contributed by atoms with van der Waals surface area (Å²) in [5.74, 6) is 0.452. The van der Waals surface area contributed by atoms with Crippen LogP contribution in [0.4, 0.5) is 5.69 Å². The Hall–Kier alpha value is -2.59. The van der Waals surface area contributed by atoms with Gasteiger partial charge in [-0.3, -0.25) is 4.79 Å². The Bertz CT molecular complexity index is 865. The Morgan fingerprint density at radius 1 is 1.16 bits per heavy atom. The van der Waals surface area contributed by atoms with Crippen LogP contribution in [0, 0.1) is 5.92 Å². The fraction of sp³-hybridized carbons (Fsp3) is 0.286. The molecule has 0 bridgehead atoms. The minimum absolute atomic E-state index is 0.0934. The van der Waals surface area contributed by atoms with Crippen LogP contribution in [0.2, 0.25) is 0 Å². The van der Waals surface area contributed by atoms with E-state index in [1.165, 1.54) is 10.9 Å². The smallest absolute Gasteiger partial charge is 0.255 e. The second-order valence-corrected chi connectivity index (χ2v) is 6.79. The average Bonchev–Trinajstić information content (AvgIpc) is 2.92. The molecule has 0 radical (unpaired) electrons. The monoisotopic (exact) mass is 335 g/mol. The van der Waals surface area contributed by atoms with Crippen molar-refractivity contribution in [3.05, 3.63) is 65.9 Å². The number of nitrogens with two attached hydrogens (primary N) is 1. The van der Waals surface area contributed by atoms with E-state index in [0.29, 0.717) is 18.0 Å². The Kier molecular flexibility index (Phi) is 5.19. The van der Waals surface area contributed by atoms with E-state index in [-0.39, 0.29) is 5.91 Å². The number of nitrogens with zero attached hydrogens (tertiary/aromatic N) is 1. The van der Waals surface area contributed by atoms with Crippen molar-refractivity contribution in [1.82, 2.24) is 4.57 Å². The SMILES string of the molecule is CC(C)Cn1cc(CCN)c2ccc(NC(=O)c3ccccc3)cc21. The number of anilines is 1. The van der Waals surface area contributed by atoms with Gasteiger partial charge in [0.25, 0.3) is 5.91 Å². The number of rotatable bonds is 6. The zero-order valence-corrected chi connectivity index (χ0v) is 14.8. The number of carbonyl (C=O) groups excluding carboxylic acids is 1. The van der Waals surface area contributed by atoms with E-state index in [4.69, 9.17) is 5.73 Å². The Labute approximate surface area is 148 Å². The average molecular weight is 335 g/mol. The van der Waals surface area contributed by atoms with E-state index in [9.17, 15) is 4.79 Å². The van der Waals surface area contributed by atoms with E-state index in [1.54, 1.807) is 0 Å². The molecule has 0 aliphatic rings. The normalized spacial score (nSPS) is 11.2. The van der Waals surface area contributed by atoms with Crippen LogP contribution < -0.4 is 11.1 Å². The summed E-state index contributed by atoms with van der Waals surface area (Å²) < 4.78 is 2.27. The molecule has 1 heterocycles. The maximum absolute atomic E-state index is 12.4. The molecule has 4 heteroatoms. The summed E-state index contributed by atoms with van der Waals surface area (Å²) >= 11 is 0. The minimum Gasteiger partial charge on any atom is -0.347 e. The molecule has 2 aromatic carbocycles. The van der Waals surface area contributed by atoms with Crippen LogP contribution in [0.25, 0.3) is 10.9 Å². The first-order valence-electron chi connectivity index (χ1n) is 8.76. The van der Waals surface area contributed by atoms with E-state index >= 15 is 0 Å². The highest BCUT2D eigenvalue weighted by Crippen LogP contribution is 2.26. The highest BCUT2D eigenvalue weighted by Gasteiger charge is 2.11. The molecule has 1 aromatic heterocycles. The number of nitrogens with one attached hydrogen (secondary N) is 1. The van der Waals surface area contributed by atoms with E-state index in [0.717, 1.165) is 24.2 Å². The van der Waals surface area contributed by atoms with Crippen molar-refractivity contribution in [3.63, 3.8) is 0 Å². The molecule has 4 nitrogen and oxygen atoms in total. The van der Waals surface area contributed by atoms with Crippen LogP contribution >= 0.6 is 0 Å². The molecule has 130 valence electrons. The van der Waals surface area contributed by atoms with Crippen LogP contribution in [-0.4, -0.2) is 17.0 Å². The molecule has 3 aromatic rings. The maximum atomic E-state index is 12.4. The van der Waals surface area contributed by atoms with Crippen molar-refractivity contribution in [3.8, 4) is 0 Å². The predicted octanol–water partition coefficient (Wildman–Crippen LogP) is 4.05. The lowest BCUT2D eigenvalue weighted by Gasteiger charge is -2.10. The van der Waals surface area contributed by atoms with Gasteiger partial charge < -0.3 is 15.6 Å². The molecule has 0 aliphatic heterocycles. The molecule has 0 unspecified atom stereocenters. The number of amides is 1. The highest BCUT2D eigenvalue weighted by molar-refractivity contribution is 6.05. The van der Waals surface area contributed by atoms with Gasteiger partial charge in [-0.15, -0.1) is 0 Å². The second-order valence-electron chi connectivity index (χ2n) is 6.79. The number of aromatic nitrogens is 1. The molecular formula is C21H25N3O. The minimum atomic E-state index is -0.0934. The maximum Gasteiger partial charge on any atom is 0.255 e. The fourth-order valence-electron chi connectivity index (χ4n) is 3.14. The third-order valence-electron chi connectivity index (χ3n) is 4.23. The number of hydrogen-bond acceptors (Lipinski definition) is 2. The van der Waals surface area contributed by atoms with Crippen molar-refractivity contribution >= 4 is 22.5 Å². The van der Waals surface area contributed by atoms with Crippen LogP contribution in [0.1, 0.15) is 29.8 Å². The molecule has 0 fully saturated rings. The van der Waals surface area contributed by atoms with Crippen LogP contribution in [0.5, 0.6) is 0 Å². The topological polar surface area (TPSA) is 60.0 Å². The first kappa shape index (κ1) is 17.2. The zero-order valence-electron chi connectivity index (χ0n) is 14.8. The van der Waals surface area contributed by atoms with Crippen LogP contribution in [-0.2, 0) is 13.0 Å². The third-order valence-corrected chi connectivity index (χ3v) is 4.23. The summed E-state index contributed by atoms with van der Waals surface area (Å²) in [4.78, 5) is 12.4. The van der Waals surface area contributed by atoms with Crippen molar-refractivity contribution in [2.75, 3.05) is 11.9 Å². The first-order chi connectivity index (χ1) is 12.1. The molecule has 0 spiro atoms. The van der Waals surface area contributed by atoms with Crippen LogP contribution in [0.15, 0.2) is 54.7 Å². The summed E-state index contributed by atoms with van der Waals surface area (Å²) in [5.41, 5.74) is 9.63. The zero-order chi connectivity index (χ0) is 17.8. The summed E-state index contributed by atoms with van der Waals surface area (Å²) in [7, 11) is 0. The van der Waals surface area contributed by atoms with Gasteiger partial charge in [-0.25, -0.2) is 0 Å². The molecule has 25 heavy (non-hydrogen) atoms. The van der Waals surface area contributed by atoms with Gasteiger partial charge in [0, 0.05) is 29.4 Å². The van der Waals surface area contributed by atoms with Gasteiger partial charge in [-0.2, -0.15) is 0 Å². The number of carbonyl (C=O) groups is 1. The number of benzene rings is 2. The van der Waals surface area contributed by atoms with E-state index in [1.807, 2.05) is 36.4 Å². The second kappa shape index (κ2) is 7.53. The first-order valence-corrected chi connectivity index (χ1v) is 8.76. The predicted molar refractivity (Wildman–Crippen MR) is 104 cm³/mol. The lowest BCUT2D eigenvalue weighted by molar-refractivity contribution is 0.102. The lowest BCUT2D eigenvalue weighted by Crippen LogP contribution is -2.11. The molecule has 0 saturated carbocycles. The van der Waals surface area contributed by atoms with E-state index < -0.39 is 0 Å². The highest BCUT2D eigenvalue weighted by atomic mass is 16.1. The van der Waals surface area contributed by atoms with Gasteiger partial charge >= 0.3 is 0 Å². The third kappa shape index (κ3) is 3.91. The summed E-state index contributed by atoms with van der Waals surface area (Å²) in [6.07, 6.45) is 3.05.